The molecule has 2 aromatic heterocycles. The number of rotatable bonds is 5. The fraction of sp³-hybridized carbons (Fsp3) is 0.357. The highest BCUT2D eigenvalue weighted by atomic mass is 16.5. The number of H-pyrrole nitrogens is 1. The second-order valence-electron chi connectivity index (χ2n) is 4.71. The summed E-state index contributed by atoms with van der Waals surface area (Å²) in [6.07, 6.45) is 3.21. The van der Waals surface area contributed by atoms with Crippen molar-refractivity contribution >= 4 is 5.97 Å². The third-order valence-corrected chi connectivity index (χ3v) is 3.33. The molecule has 112 valence electrons. The molecule has 0 saturated heterocycles. The van der Waals surface area contributed by atoms with E-state index < -0.39 is 5.97 Å². The minimum absolute atomic E-state index is 0.0366. The summed E-state index contributed by atoms with van der Waals surface area (Å²) in [5.74, 6) is -0.434. The zero-order valence-corrected chi connectivity index (χ0v) is 12.3. The van der Waals surface area contributed by atoms with Crippen LogP contribution in [0, 0.1) is 13.8 Å². The van der Waals surface area contributed by atoms with E-state index in [4.69, 9.17) is 0 Å². The standard InChI is InChI=1S/C14H18N4O3/c1-9-4-5-18(14(20)11(9)6-13(19)21-3)17-7-12-10(2)15-8-16-12/h4-5,8,17H,6-7H2,1-3H3,(H,15,16). The summed E-state index contributed by atoms with van der Waals surface area (Å²) >= 11 is 0. The van der Waals surface area contributed by atoms with E-state index in [2.05, 4.69) is 20.1 Å². The lowest BCUT2D eigenvalue weighted by Gasteiger charge is -2.12. The summed E-state index contributed by atoms with van der Waals surface area (Å²) in [6.45, 7) is 4.11. The molecule has 2 heterocycles. The van der Waals surface area contributed by atoms with Gasteiger partial charge in [0.2, 0.25) is 0 Å². The van der Waals surface area contributed by atoms with Crippen LogP contribution >= 0.6 is 0 Å². The number of ether oxygens (including phenoxy) is 1. The molecule has 0 amide bonds. The summed E-state index contributed by atoms with van der Waals surface area (Å²) in [6, 6.07) is 1.78. The molecular formula is C14H18N4O3. The first-order chi connectivity index (χ1) is 10.0. The Kier molecular flexibility index (Phi) is 4.42. The summed E-state index contributed by atoms with van der Waals surface area (Å²) in [7, 11) is 1.30. The first-order valence-electron chi connectivity index (χ1n) is 6.53. The molecule has 0 saturated carbocycles. The zero-order chi connectivity index (χ0) is 15.4. The van der Waals surface area contributed by atoms with Gasteiger partial charge in [-0.1, -0.05) is 0 Å². The van der Waals surface area contributed by atoms with Crippen LogP contribution in [-0.2, 0) is 22.5 Å². The van der Waals surface area contributed by atoms with Crippen molar-refractivity contribution in [3.63, 3.8) is 0 Å². The number of esters is 1. The van der Waals surface area contributed by atoms with Crippen molar-refractivity contribution in [3.8, 4) is 0 Å². The van der Waals surface area contributed by atoms with E-state index in [0.717, 1.165) is 17.0 Å². The Morgan fingerprint density at radius 2 is 2.24 bits per heavy atom. The molecule has 2 N–H and O–H groups in total. The average molecular weight is 290 g/mol. The van der Waals surface area contributed by atoms with Crippen molar-refractivity contribution < 1.29 is 9.53 Å². The molecule has 0 aliphatic heterocycles. The molecule has 7 nitrogen and oxygen atoms in total. The Hall–Kier alpha value is -2.57. The number of aryl methyl sites for hydroxylation is 2. The Balaban J connectivity index is 2.21. The molecule has 21 heavy (non-hydrogen) atoms. The topological polar surface area (TPSA) is 89.0 Å². The van der Waals surface area contributed by atoms with Gasteiger partial charge in [0.1, 0.15) is 0 Å². The second-order valence-corrected chi connectivity index (χ2v) is 4.71. The largest absolute Gasteiger partial charge is 0.469 e. The van der Waals surface area contributed by atoms with E-state index >= 15 is 0 Å². The van der Waals surface area contributed by atoms with Crippen LogP contribution in [-0.4, -0.2) is 27.7 Å². The van der Waals surface area contributed by atoms with Gasteiger partial charge < -0.3 is 15.1 Å². The zero-order valence-electron chi connectivity index (χ0n) is 12.3. The maximum atomic E-state index is 12.4. The first kappa shape index (κ1) is 14.8. The molecule has 0 spiro atoms. The number of nitrogens with one attached hydrogen (secondary N) is 2. The predicted molar refractivity (Wildman–Crippen MR) is 77.5 cm³/mol. The normalized spacial score (nSPS) is 10.4. The lowest BCUT2D eigenvalue weighted by atomic mass is 10.1. The molecular weight excluding hydrogens is 272 g/mol. The third-order valence-electron chi connectivity index (χ3n) is 3.33. The lowest BCUT2D eigenvalue weighted by molar-refractivity contribution is -0.139. The molecule has 0 atom stereocenters. The number of methoxy groups -OCH3 is 1. The van der Waals surface area contributed by atoms with Crippen LogP contribution in [0.1, 0.15) is 22.5 Å². The van der Waals surface area contributed by atoms with Crippen LogP contribution in [0.25, 0.3) is 0 Å². The van der Waals surface area contributed by atoms with Gasteiger partial charge in [-0.05, 0) is 25.5 Å². The van der Waals surface area contributed by atoms with Gasteiger partial charge in [0.25, 0.3) is 5.56 Å². The number of imidazole rings is 1. The summed E-state index contributed by atoms with van der Waals surface area (Å²) in [4.78, 5) is 30.9. The van der Waals surface area contributed by atoms with Gasteiger partial charge in [-0.3, -0.25) is 9.59 Å². The average Bonchev–Trinajstić information content (AvgIpc) is 2.87. The van der Waals surface area contributed by atoms with Crippen LogP contribution < -0.4 is 11.0 Å². The number of aromatic amines is 1. The number of hydrogen-bond acceptors (Lipinski definition) is 5. The summed E-state index contributed by atoms with van der Waals surface area (Å²) in [5, 5.41) is 0. The van der Waals surface area contributed by atoms with E-state index in [1.165, 1.54) is 11.8 Å². The highest BCUT2D eigenvalue weighted by molar-refractivity contribution is 5.72. The van der Waals surface area contributed by atoms with Gasteiger partial charge in [-0.2, -0.15) is 0 Å². The fourth-order valence-corrected chi connectivity index (χ4v) is 1.95. The molecule has 0 radical (unpaired) electrons. The van der Waals surface area contributed by atoms with Crippen molar-refractivity contribution in [2.75, 3.05) is 12.5 Å². The van der Waals surface area contributed by atoms with Crippen LogP contribution in [0.4, 0.5) is 0 Å². The maximum absolute atomic E-state index is 12.4. The Morgan fingerprint density at radius 3 is 2.86 bits per heavy atom. The predicted octanol–water partition coefficient (Wildman–Crippen LogP) is 0.647. The Labute approximate surface area is 121 Å². The highest BCUT2D eigenvalue weighted by Crippen LogP contribution is 2.04. The number of pyridine rings is 1. The molecule has 0 unspecified atom stereocenters. The maximum Gasteiger partial charge on any atom is 0.310 e. The van der Waals surface area contributed by atoms with Crippen molar-refractivity contribution in [1.82, 2.24) is 14.6 Å². The van der Waals surface area contributed by atoms with Crippen LogP contribution in [0.15, 0.2) is 23.4 Å². The van der Waals surface area contributed by atoms with Crippen LogP contribution in [0.5, 0.6) is 0 Å². The molecule has 0 aliphatic carbocycles. The SMILES string of the molecule is COC(=O)Cc1c(C)ccn(NCc2nc[nH]c2C)c1=O. The third kappa shape index (κ3) is 3.31. The van der Waals surface area contributed by atoms with Crippen LogP contribution in [0.2, 0.25) is 0 Å². The van der Waals surface area contributed by atoms with E-state index in [1.807, 2.05) is 6.92 Å². The number of carbonyl (C=O) groups excluding carboxylic acids is 1. The van der Waals surface area contributed by atoms with Gasteiger partial charge in [-0.25, -0.2) is 9.66 Å². The van der Waals surface area contributed by atoms with Gasteiger partial charge in [-0.15, -0.1) is 0 Å². The molecule has 0 fully saturated rings. The monoisotopic (exact) mass is 290 g/mol. The van der Waals surface area contributed by atoms with E-state index in [1.54, 1.807) is 25.5 Å². The van der Waals surface area contributed by atoms with Gasteiger partial charge >= 0.3 is 5.97 Å². The minimum Gasteiger partial charge on any atom is -0.469 e. The molecule has 2 aromatic rings. The van der Waals surface area contributed by atoms with Crippen molar-refractivity contribution in [3.05, 3.63) is 51.5 Å². The lowest BCUT2D eigenvalue weighted by Crippen LogP contribution is -2.32. The minimum atomic E-state index is -0.434. The van der Waals surface area contributed by atoms with Gasteiger partial charge in [0.05, 0.1) is 32.1 Å². The van der Waals surface area contributed by atoms with Gasteiger partial charge in [0, 0.05) is 17.5 Å². The summed E-state index contributed by atoms with van der Waals surface area (Å²) < 4.78 is 5.98. The Bertz CT molecular complexity index is 702. The van der Waals surface area contributed by atoms with Crippen LogP contribution in [0.3, 0.4) is 0 Å². The van der Waals surface area contributed by atoms with Crippen molar-refractivity contribution in [2.24, 2.45) is 0 Å². The number of nitrogens with zero attached hydrogens (tertiary/aromatic N) is 2. The fourth-order valence-electron chi connectivity index (χ4n) is 1.95. The highest BCUT2D eigenvalue weighted by Gasteiger charge is 2.12. The van der Waals surface area contributed by atoms with Gasteiger partial charge in [0.15, 0.2) is 0 Å². The quantitative estimate of drug-likeness (QED) is 0.789. The van der Waals surface area contributed by atoms with Crippen molar-refractivity contribution in [1.29, 1.82) is 0 Å². The molecule has 0 bridgehead atoms. The molecule has 0 aromatic carbocycles. The summed E-state index contributed by atoms with van der Waals surface area (Å²) in [5.41, 5.74) is 5.69. The number of hydrogen-bond donors (Lipinski definition) is 2. The van der Waals surface area contributed by atoms with E-state index in [9.17, 15) is 9.59 Å². The number of carbonyl (C=O) groups is 1. The molecule has 0 aliphatic rings. The molecule has 2 rings (SSSR count). The Morgan fingerprint density at radius 1 is 1.48 bits per heavy atom. The molecule has 7 heteroatoms. The van der Waals surface area contributed by atoms with Crippen molar-refractivity contribution in [2.45, 2.75) is 26.8 Å². The second kappa shape index (κ2) is 6.25. The number of aromatic nitrogens is 3. The van der Waals surface area contributed by atoms with E-state index in [-0.39, 0.29) is 12.0 Å². The van der Waals surface area contributed by atoms with E-state index in [0.29, 0.717) is 12.1 Å². The smallest absolute Gasteiger partial charge is 0.310 e. The first-order valence-corrected chi connectivity index (χ1v) is 6.53.